The molecular formula is C19H16O3. The van der Waals surface area contributed by atoms with Crippen LogP contribution < -0.4 is 4.74 Å². The van der Waals surface area contributed by atoms with Crippen LogP contribution in [0.2, 0.25) is 0 Å². The summed E-state index contributed by atoms with van der Waals surface area (Å²) >= 11 is 0. The Morgan fingerprint density at radius 3 is 2.55 bits per heavy atom. The highest BCUT2D eigenvalue weighted by molar-refractivity contribution is 5.73. The number of aldehydes is 1. The predicted molar refractivity (Wildman–Crippen MR) is 85.0 cm³/mol. The van der Waals surface area contributed by atoms with Crippen molar-refractivity contribution in [1.82, 2.24) is 0 Å². The molecule has 1 heterocycles. The Bertz CT molecular complexity index is 772. The van der Waals surface area contributed by atoms with Crippen LogP contribution in [-0.4, -0.2) is 6.29 Å². The first-order chi connectivity index (χ1) is 10.8. The van der Waals surface area contributed by atoms with E-state index in [2.05, 4.69) is 0 Å². The van der Waals surface area contributed by atoms with Crippen molar-refractivity contribution in [2.75, 3.05) is 0 Å². The summed E-state index contributed by atoms with van der Waals surface area (Å²) in [6, 6.07) is 19.3. The van der Waals surface area contributed by atoms with Crippen LogP contribution in [0.3, 0.4) is 0 Å². The third-order valence-corrected chi connectivity index (χ3v) is 3.45. The maximum Gasteiger partial charge on any atom is 0.185 e. The highest BCUT2D eigenvalue weighted by Crippen LogP contribution is 2.28. The summed E-state index contributed by atoms with van der Waals surface area (Å²) in [7, 11) is 0. The number of benzene rings is 2. The van der Waals surface area contributed by atoms with Crippen molar-refractivity contribution in [3.05, 3.63) is 77.6 Å². The molecular weight excluding hydrogens is 276 g/mol. The molecule has 0 atom stereocenters. The maximum atomic E-state index is 10.7. The van der Waals surface area contributed by atoms with Crippen LogP contribution >= 0.6 is 0 Å². The van der Waals surface area contributed by atoms with E-state index in [0.29, 0.717) is 24.4 Å². The lowest BCUT2D eigenvalue weighted by Gasteiger charge is -2.09. The second-order valence-corrected chi connectivity index (χ2v) is 5.07. The maximum absolute atomic E-state index is 10.7. The minimum absolute atomic E-state index is 0.332. The van der Waals surface area contributed by atoms with Crippen LogP contribution in [0.1, 0.15) is 21.7 Å². The minimum atomic E-state index is 0.332. The number of hydrogen-bond acceptors (Lipinski definition) is 3. The summed E-state index contributed by atoms with van der Waals surface area (Å²) in [5.41, 5.74) is 3.13. The third kappa shape index (κ3) is 3.09. The molecule has 0 unspecified atom stereocenters. The zero-order valence-electron chi connectivity index (χ0n) is 12.3. The lowest BCUT2D eigenvalue weighted by Crippen LogP contribution is -1.95. The fourth-order valence-corrected chi connectivity index (χ4v) is 2.30. The molecule has 0 saturated heterocycles. The van der Waals surface area contributed by atoms with Gasteiger partial charge in [-0.05, 0) is 48.4 Å². The van der Waals surface area contributed by atoms with E-state index in [1.165, 1.54) is 0 Å². The molecule has 0 aliphatic heterocycles. The van der Waals surface area contributed by atoms with Crippen LogP contribution in [0, 0.1) is 6.92 Å². The van der Waals surface area contributed by atoms with Crippen LogP contribution in [0.5, 0.6) is 5.75 Å². The van der Waals surface area contributed by atoms with E-state index in [4.69, 9.17) is 9.15 Å². The quantitative estimate of drug-likeness (QED) is 0.643. The van der Waals surface area contributed by atoms with E-state index in [1.54, 1.807) is 12.1 Å². The lowest BCUT2D eigenvalue weighted by molar-refractivity contribution is 0.110. The van der Waals surface area contributed by atoms with Gasteiger partial charge in [-0.2, -0.15) is 0 Å². The smallest absolute Gasteiger partial charge is 0.185 e. The Morgan fingerprint density at radius 1 is 1.05 bits per heavy atom. The van der Waals surface area contributed by atoms with Gasteiger partial charge in [0.1, 0.15) is 18.1 Å². The number of ether oxygens (including phenoxy) is 1. The monoisotopic (exact) mass is 292 g/mol. The van der Waals surface area contributed by atoms with Crippen molar-refractivity contribution in [3.63, 3.8) is 0 Å². The van der Waals surface area contributed by atoms with Gasteiger partial charge in [-0.3, -0.25) is 4.79 Å². The van der Waals surface area contributed by atoms with Crippen molar-refractivity contribution >= 4 is 6.29 Å². The van der Waals surface area contributed by atoms with E-state index in [-0.39, 0.29) is 0 Å². The van der Waals surface area contributed by atoms with E-state index >= 15 is 0 Å². The number of furan rings is 1. The molecule has 0 bridgehead atoms. The molecule has 0 spiro atoms. The third-order valence-electron chi connectivity index (χ3n) is 3.45. The molecule has 3 rings (SSSR count). The first-order valence-electron chi connectivity index (χ1n) is 7.09. The van der Waals surface area contributed by atoms with Crippen molar-refractivity contribution in [2.24, 2.45) is 0 Å². The van der Waals surface area contributed by atoms with Gasteiger partial charge in [0.2, 0.25) is 0 Å². The fraction of sp³-hybridized carbons (Fsp3) is 0.105. The Kier molecular flexibility index (Phi) is 4.05. The fourth-order valence-electron chi connectivity index (χ4n) is 2.30. The van der Waals surface area contributed by atoms with Crippen LogP contribution in [-0.2, 0) is 6.61 Å². The molecule has 3 nitrogen and oxygen atoms in total. The van der Waals surface area contributed by atoms with E-state index in [0.717, 1.165) is 22.4 Å². The van der Waals surface area contributed by atoms with Gasteiger partial charge in [-0.25, -0.2) is 0 Å². The summed E-state index contributed by atoms with van der Waals surface area (Å²) in [6.45, 7) is 2.53. The number of hydrogen-bond donors (Lipinski definition) is 0. The van der Waals surface area contributed by atoms with Gasteiger partial charge in [0.15, 0.2) is 12.0 Å². The van der Waals surface area contributed by atoms with Gasteiger partial charge in [0.05, 0.1) is 0 Å². The molecule has 0 aliphatic rings. The van der Waals surface area contributed by atoms with Crippen molar-refractivity contribution in [3.8, 4) is 17.1 Å². The average Bonchev–Trinajstić information content (AvgIpc) is 3.03. The first kappa shape index (κ1) is 14.1. The van der Waals surface area contributed by atoms with Gasteiger partial charge in [-0.15, -0.1) is 0 Å². The Balaban J connectivity index is 1.75. The zero-order chi connectivity index (χ0) is 15.4. The zero-order valence-corrected chi connectivity index (χ0v) is 12.3. The molecule has 0 saturated carbocycles. The van der Waals surface area contributed by atoms with Gasteiger partial charge in [-0.1, -0.05) is 30.3 Å². The normalized spacial score (nSPS) is 10.4. The van der Waals surface area contributed by atoms with Gasteiger partial charge < -0.3 is 9.15 Å². The second kappa shape index (κ2) is 6.31. The first-order valence-corrected chi connectivity index (χ1v) is 7.09. The van der Waals surface area contributed by atoms with Crippen molar-refractivity contribution in [2.45, 2.75) is 13.5 Å². The Hall–Kier alpha value is -2.81. The highest BCUT2D eigenvalue weighted by Gasteiger charge is 2.08. The van der Waals surface area contributed by atoms with Crippen molar-refractivity contribution < 1.29 is 13.9 Å². The molecule has 3 heteroatoms. The van der Waals surface area contributed by atoms with Gasteiger partial charge in [0, 0.05) is 5.56 Å². The molecule has 3 aromatic rings. The van der Waals surface area contributed by atoms with E-state index in [9.17, 15) is 4.79 Å². The summed E-state index contributed by atoms with van der Waals surface area (Å²) in [5, 5.41) is 0. The largest absolute Gasteiger partial charge is 0.489 e. The van der Waals surface area contributed by atoms with Crippen LogP contribution in [0.25, 0.3) is 11.3 Å². The Morgan fingerprint density at radius 2 is 1.86 bits per heavy atom. The van der Waals surface area contributed by atoms with E-state index in [1.807, 2.05) is 55.5 Å². The Labute approximate surface area is 129 Å². The number of carbonyl (C=O) groups excluding carboxylic acids is 1. The van der Waals surface area contributed by atoms with Gasteiger partial charge in [0.25, 0.3) is 0 Å². The van der Waals surface area contributed by atoms with E-state index < -0.39 is 0 Å². The summed E-state index contributed by atoms with van der Waals surface area (Å²) in [6.07, 6.45) is 0.705. The summed E-state index contributed by atoms with van der Waals surface area (Å²) in [4.78, 5) is 10.7. The SMILES string of the molecule is Cc1cc(OCc2ccccc2)ccc1-c1ccc(C=O)o1. The predicted octanol–water partition coefficient (Wildman–Crippen LogP) is 4.65. The topological polar surface area (TPSA) is 39.4 Å². The second-order valence-electron chi connectivity index (χ2n) is 5.07. The minimum Gasteiger partial charge on any atom is -0.489 e. The summed E-state index contributed by atoms with van der Waals surface area (Å²) < 4.78 is 11.3. The van der Waals surface area contributed by atoms with Crippen molar-refractivity contribution in [1.29, 1.82) is 0 Å². The number of rotatable bonds is 5. The van der Waals surface area contributed by atoms with Crippen LogP contribution in [0.4, 0.5) is 0 Å². The molecule has 0 radical (unpaired) electrons. The lowest BCUT2D eigenvalue weighted by atomic mass is 10.1. The number of carbonyl (C=O) groups is 1. The molecule has 0 fully saturated rings. The molecule has 0 aliphatic carbocycles. The standard InChI is InChI=1S/C19H16O3/c1-14-11-16(21-13-15-5-3-2-4-6-15)7-9-18(14)19-10-8-17(12-20)22-19/h2-12H,13H2,1H3. The molecule has 0 amide bonds. The highest BCUT2D eigenvalue weighted by atomic mass is 16.5. The molecule has 22 heavy (non-hydrogen) atoms. The number of aryl methyl sites for hydroxylation is 1. The molecule has 2 aromatic carbocycles. The average molecular weight is 292 g/mol. The molecule has 0 N–H and O–H groups in total. The van der Waals surface area contributed by atoms with Gasteiger partial charge >= 0.3 is 0 Å². The van der Waals surface area contributed by atoms with Crippen LogP contribution in [0.15, 0.2) is 65.1 Å². The molecule has 110 valence electrons. The summed E-state index contributed by atoms with van der Waals surface area (Å²) in [5.74, 6) is 1.83. The molecule has 1 aromatic heterocycles.